The summed E-state index contributed by atoms with van der Waals surface area (Å²) in [6.45, 7) is 3.59. The molecule has 0 saturated carbocycles. The largest absolute Gasteiger partial charge is 0.395 e. The Morgan fingerprint density at radius 2 is 1.64 bits per heavy atom. The van der Waals surface area contributed by atoms with Crippen molar-refractivity contribution in [3.05, 3.63) is 83.7 Å². The molecule has 2 atom stereocenters. The van der Waals surface area contributed by atoms with Gasteiger partial charge in [-0.1, -0.05) is 36.4 Å². The lowest BCUT2D eigenvalue weighted by molar-refractivity contribution is 0.229. The lowest BCUT2D eigenvalue weighted by Gasteiger charge is -2.24. The van der Waals surface area contributed by atoms with Gasteiger partial charge >= 0.3 is 0 Å². The summed E-state index contributed by atoms with van der Waals surface area (Å²) in [4.78, 5) is 0. The molecule has 0 aromatic heterocycles. The van der Waals surface area contributed by atoms with Gasteiger partial charge < -0.3 is 10.4 Å². The minimum absolute atomic E-state index is 0.0923. The highest BCUT2D eigenvalue weighted by atomic mass is 19.2. The van der Waals surface area contributed by atoms with Gasteiger partial charge in [0.15, 0.2) is 11.6 Å². The molecule has 0 aliphatic heterocycles. The Labute approximate surface area is 146 Å². The fourth-order valence-electron chi connectivity index (χ4n) is 2.81. The molecule has 2 aromatic carbocycles. The second-order valence-electron chi connectivity index (χ2n) is 6.02. The Morgan fingerprint density at radius 3 is 2.28 bits per heavy atom. The van der Waals surface area contributed by atoms with Crippen LogP contribution in [-0.2, 0) is 12.8 Å². The zero-order valence-corrected chi connectivity index (χ0v) is 13.9. The minimum atomic E-state index is -1.20. The summed E-state index contributed by atoms with van der Waals surface area (Å²) in [7, 11) is 0. The van der Waals surface area contributed by atoms with E-state index < -0.39 is 17.5 Å². The van der Waals surface area contributed by atoms with Gasteiger partial charge in [0.1, 0.15) is 5.82 Å². The van der Waals surface area contributed by atoms with Gasteiger partial charge in [-0.3, -0.25) is 0 Å². The molecule has 2 aromatic rings. The van der Waals surface area contributed by atoms with Crippen molar-refractivity contribution in [3.63, 3.8) is 0 Å². The normalized spacial score (nSPS) is 13.4. The van der Waals surface area contributed by atoms with Gasteiger partial charge in [0.25, 0.3) is 0 Å². The number of rotatable bonds is 9. The van der Waals surface area contributed by atoms with E-state index in [-0.39, 0.29) is 30.7 Å². The third-order valence-corrected chi connectivity index (χ3v) is 4.02. The smallest absolute Gasteiger partial charge is 0.161 e. The van der Waals surface area contributed by atoms with Crippen LogP contribution in [0.4, 0.5) is 13.2 Å². The summed E-state index contributed by atoms with van der Waals surface area (Å²) in [5, 5.41) is 12.9. The molecule has 2 N–H and O–H groups in total. The summed E-state index contributed by atoms with van der Waals surface area (Å²) in [5.41, 5.74) is 1.15. The molecule has 0 fully saturated rings. The quantitative estimate of drug-likeness (QED) is 0.533. The Hall–Kier alpha value is -2.11. The van der Waals surface area contributed by atoms with Gasteiger partial charge in [-0.05, 0) is 36.5 Å². The number of hydrogen-bond acceptors (Lipinski definition) is 2. The molecule has 5 heteroatoms. The second-order valence-corrected chi connectivity index (χ2v) is 6.02. The first kappa shape index (κ1) is 19.2. The first-order chi connectivity index (χ1) is 12.0. The third kappa shape index (κ3) is 5.73. The fourth-order valence-corrected chi connectivity index (χ4v) is 2.81. The maximum Gasteiger partial charge on any atom is 0.161 e. The number of nitrogens with one attached hydrogen (secondary N) is 1. The molecule has 0 bridgehead atoms. The van der Waals surface area contributed by atoms with Crippen molar-refractivity contribution in [1.29, 1.82) is 0 Å². The van der Waals surface area contributed by atoms with E-state index in [1.165, 1.54) is 0 Å². The highest BCUT2D eigenvalue weighted by Gasteiger charge is 2.18. The van der Waals surface area contributed by atoms with E-state index in [0.29, 0.717) is 18.9 Å². The lowest BCUT2D eigenvalue weighted by atomic mass is 9.99. The van der Waals surface area contributed by atoms with E-state index >= 15 is 0 Å². The average Bonchev–Trinajstić information content (AvgIpc) is 2.60. The molecule has 134 valence electrons. The molecule has 2 nitrogen and oxygen atoms in total. The van der Waals surface area contributed by atoms with Crippen LogP contribution in [0.15, 0.2) is 55.1 Å². The van der Waals surface area contributed by atoms with Crippen LogP contribution in [0.1, 0.15) is 17.5 Å². The molecule has 0 heterocycles. The summed E-state index contributed by atoms with van der Waals surface area (Å²) >= 11 is 0. The first-order valence-corrected chi connectivity index (χ1v) is 8.18. The van der Waals surface area contributed by atoms with Gasteiger partial charge in [0, 0.05) is 18.2 Å². The number of benzene rings is 2. The average molecular weight is 349 g/mol. The van der Waals surface area contributed by atoms with Crippen molar-refractivity contribution >= 4 is 0 Å². The third-order valence-electron chi connectivity index (χ3n) is 4.02. The molecular formula is C20H22F3NO. The van der Waals surface area contributed by atoms with Crippen molar-refractivity contribution in [3.8, 4) is 0 Å². The minimum Gasteiger partial charge on any atom is -0.395 e. The molecule has 0 aliphatic rings. The zero-order chi connectivity index (χ0) is 18.2. The summed E-state index contributed by atoms with van der Waals surface area (Å²) in [5.74, 6) is -3.05. The van der Waals surface area contributed by atoms with Crippen molar-refractivity contribution in [1.82, 2.24) is 5.32 Å². The van der Waals surface area contributed by atoms with E-state index in [4.69, 9.17) is 0 Å². The monoisotopic (exact) mass is 349 g/mol. The predicted molar refractivity (Wildman–Crippen MR) is 92.8 cm³/mol. The van der Waals surface area contributed by atoms with E-state index in [0.717, 1.165) is 11.6 Å². The summed E-state index contributed by atoms with van der Waals surface area (Å²) < 4.78 is 40.3. The highest BCUT2D eigenvalue weighted by molar-refractivity contribution is 5.21. The van der Waals surface area contributed by atoms with Crippen LogP contribution in [-0.4, -0.2) is 23.8 Å². The number of hydrogen-bond donors (Lipinski definition) is 2. The van der Waals surface area contributed by atoms with Crippen LogP contribution in [0, 0.1) is 17.5 Å². The fraction of sp³-hybridized carbons (Fsp3) is 0.300. The van der Waals surface area contributed by atoms with Crippen molar-refractivity contribution in [2.45, 2.75) is 31.3 Å². The van der Waals surface area contributed by atoms with Crippen molar-refractivity contribution in [2.75, 3.05) is 6.61 Å². The van der Waals surface area contributed by atoms with Crippen molar-refractivity contribution < 1.29 is 18.3 Å². The Balaban J connectivity index is 2.08. The molecule has 0 unspecified atom stereocenters. The van der Waals surface area contributed by atoms with Crippen LogP contribution in [0.2, 0.25) is 0 Å². The lowest BCUT2D eigenvalue weighted by Crippen LogP contribution is -2.43. The second kappa shape index (κ2) is 9.39. The first-order valence-electron chi connectivity index (χ1n) is 8.18. The van der Waals surface area contributed by atoms with Crippen LogP contribution in [0.25, 0.3) is 0 Å². The zero-order valence-electron chi connectivity index (χ0n) is 13.9. The van der Waals surface area contributed by atoms with E-state index in [9.17, 15) is 18.3 Å². The van der Waals surface area contributed by atoms with Gasteiger partial charge in [-0.25, -0.2) is 13.2 Å². The summed E-state index contributed by atoms with van der Waals surface area (Å²) in [6, 6.07) is 10.6. The Morgan fingerprint density at radius 1 is 0.960 bits per heavy atom. The SMILES string of the molecule is C=CC[C@@H](Cc1cc(F)c(F)cc1F)N[C@H](CO)Cc1ccccc1. The van der Waals surface area contributed by atoms with Crippen LogP contribution in [0.3, 0.4) is 0 Å². The van der Waals surface area contributed by atoms with E-state index in [2.05, 4.69) is 11.9 Å². The van der Waals surface area contributed by atoms with Crippen molar-refractivity contribution in [2.24, 2.45) is 0 Å². The number of aliphatic hydroxyl groups excluding tert-OH is 1. The molecule has 0 amide bonds. The van der Waals surface area contributed by atoms with Crippen LogP contribution < -0.4 is 5.32 Å². The van der Waals surface area contributed by atoms with Gasteiger partial charge in [-0.15, -0.1) is 6.58 Å². The molecule has 0 radical (unpaired) electrons. The maximum absolute atomic E-state index is 13.9. The van der Waals surface area contributed by atoms with Gasteiger partial charge in [0.05, 0.1) is 6.61 Å². The number of halogens is 3. The van der Waals surface area contributed by atoms with Crippen LogP contribution in [0.5, 0.6) is 0 Å². The molecule has 0 spiro atoms. The topological polar surface area (TPSA) is 32.3 Å². The Kier molecular flexibility index (Phi) is 7.22. The molecule has 0 saturated heterocycles. The molecule has 25 heavy (non-hydrogen) atoms. The Bertz CT molecular complexity index is 691. The molecule has 2 rings (SSSR count). The molecule has 0 aliphatic carbocycles. The van der Waals surface area contributed by atoms with Gasteiger partial charge in [0.2, 0.25) is 0 Å². The van der Waals surface area contributed by atoms with E-state index in [1.807, 2.05) is 30.3 Å². The highest BCUT2D eigenvalue weighted by Crippen LogP contribution is 2.17. The van der Waals surface area contributed by atoms with Crippen LogP contribution >= 0.6 is 0 Å². The maximum atomic E-state index is 13.9. The van der Waals surface area contributed by atoms with E-state index in [1.54, 1.807) is 6.08 Å². The number of aliphatic hydroxyl groups is 1. The standard InChI is InChI=1S/C20H22F3NO/c1-2-6-16(10-15-11-19(22)20(23)12-18(15)21)24-17(13-25)9-14-7-4-3-5-8-14/h2-5,7-8,11-12,16-17,24-25H,1,6,9-10,13H2/t16-,17-/m0/s1. The predicted octanol–water partition coefficient (Wildman–Crippen LogP) is 3.78. The van der Waals surface area contributed by atoms with Gasteiger partial charge in [-0.2, -0.15) is 0 Å². The summed E-state index contributed by atoms with van der Waals surface area (Å²) in [6.07, 6.45) is 2.95. The molecular weight excluding hydrogens is 327 g/mol.